The molecule has 0 atom stereocenters. The van der Waals surface area contributed by atoms with E-state index in [0.29, 0.717) is 17.2 Å². The van der Waals surface area contributed by atoms with Gasteiger partial charge in [0.2, 0.25) is 5.91 Å². The molecule has 0 spiro atoms. The van der Waals surface area contributed by atoms with E-state index in [1.54, 1.807) is 32.4 Å². The average Bonchev–Trinajstić information content (AvgIpc) is 2.89. The molecule has 1 amide bonds. The Morgan fingerprint density at radius 1 is 1.16 bits per heavy atom. The number of ether oxygens (including phenoxy) is 2. The van der Waals surface area contributed by atoms with Crippen molar-refractivity contribution >= 4 is 22.6 Å². The van der Waals surface area contributed by atoms with E-state index in [2.05, 4.69) is 10.3 Å². The number of rotatable bonds is 5. The molecule has 6 heteroatoms. The molecule has 130 valence electrons. The summed E-state index contributed by atoms with van der Waals surface area (Å²) in [4.78, 5) is 16.9. The number of carbonyl (C=O) groups is 1. The molecule has 2 aromatic carbocycles. The monoisotopic (exact) mass is 339 g/mol. The van der Waals surface area contributed by atoms with Crippen molar-refractivity contribution in [2.24, 2.45) is 7.05 Å². The van der Waals surface area contributed by atoms with Crippen molar-refractivity contribution in [2.45, 2.75) is 13.3 Å². The van der Waals surface area contributed by atoms with E-state index in [-0.39, 0.29) is 12.3 Å². The Balaban J connectivity index is 1.76. The highest BCUT2D eigenvalue weighted by atomic mass is 16.5. The largest absolute Gasteiger partial charge is 0.497 e. The molecule has 25 heavy (non-hydrogen) atoms. The number of imidazole rings is 1. The molecule has 1 N–H and O–H groups in total. The van der Waals surface area contributed by atoms with Gasteiger partial charge in [-0.25, -0.2) is 4.98 Å². The van der Waals surface area contributed by atoms with Crippen LogP contribution in [0.15, 0.2) is 36.4 Å². The maximum absolute atomic E-state index is 12.4. The summed E-state index contributed by atoms with van der Waals surface area (Å²) < 4.78 is 12.5. The standard InChI is InChI=1S/C19H21N3O3/c1-12-20-16-9-13(5-8-17(16)22(12)2)10-19(23)21-15-7-6-14(24-3)11-18(15)25-4/h5-9,11H,10H2,1-4H3,(H,21,23). The van der Waals surface area contributed by atoms with Gasteiger partial charge >= 0.3 is 0 Å². The fraction of sp³-hybridized carbons (Fsp3) is 0.263. The molecule has 3 rings (SSSR count). The van der Waals surface area contributed by atoms with Gasteiger partial charge in [-0.15, -0.1) is 0 Å². The second-order valence-electron chi connectivity index (χ2n) is 5.83. The summed E-state index contributed by atoms with van der Waals surface area (Å²) >= 11 is 0. The number of fused-ring (bicyclic) bond motifs is 1. The van der Waals surface area contributed by atoms with Crippen LogP contribution in [-0.2, 0) is 18.3 Å². The lowest BCUT2D eigenvalue weighted by Crippen LogP contribution is -2.15. The zero-order valence-corrected chi connectivity index (χ0v) is 14.8. The minimum atomic E-state index is -0.115. The van der Waals surface area contributed by atoms with E-state index in [0.717, 1.165) is 22.4 Å². The molecule has 1 heterocycles. The topological polar surface area (TPSA) is 65.4 Å². The van der Waals surface area contributed by atoms with Gasteiger partial charge in [-0.05, 0) is 36.8 Å². The molecule has 0 saturated carbocycles. The predicted octanol–water partition coefficient (Wildman–Crippen LogP) is 3.08. The summed E-state index contributed by atoms with van der Waals surface area (Å²) in [5.74, 6) is 2.06. The van der Waals surface area contributed by atoms with Gasteiger partial charge in [-0.3, -0.25) is 4.79 Å². The maximum atomic E-state index is 12.4. The summed E-state index contributed by atoms with van der Waals surface area (Å²) in [6, 6.07) is 11.2. The quantitative estimate of drug-likeness (QED) is 0.776. The van der Waals surface area contributed by atoms with Crippen LogP contribution in [0.2, 0.25) is 0 Å². The highest BCUT2D eigenvalue weighted by molar-refractivity contribution is 5.94. The number of nitrogens with one attached hydrogen (secondary N) is 1. The number of methoxy groups -OCH3 is 2. The van der Waals surface area contributed by atoms with Crippen molar-refractivity contribution in [3.05, 3.63) is 47.8 Å². The van der Waals surface area contributed by atoms with Crippen LogP contribution < -0.4 is 14.8 Å². The first-order valence-corrected chi connectivity index (χ1v) is 7.95. The molecule has 0 bridgehead atoms. The Morgan fingerprint density at radius 3 is 2.68 bits per heavy atom. The molecule has 6 nitrogen and oxygen atoms in total. The van der Waals surface area contributed by atoms with Crippen LogP contribution >= 0.6 is 0 Å². The molecule has 0 radical (unpaired) electrons. The minimum Gasteiger partial charge on any atom is -0.497 e. The fourth-order valence-electron chi connectivity index (χ4n) is 2.76. The van der Waals surface area contributed by atoms with Crippen LogP contribution in [-0.4, -0.2) is 29.7 Å². The Morgan fingerprint density at radius 2 is 1.96 bits per heavy atom. The van der Waals surface area contributed by atoms with E-state index >= 15 is 0 Å². The minimum absolute atomic E-state index is 0.115. The van der Waals surface area contributed by atoms with Gasteiger partial charge in [0.1, 0.15) is 17.3 Å². The van der Waals surface area contributed by atoms with E-state index in [1.807, 2.05) is 36.7 Å². The van der Waals surface area contributed by atoms with Crippen molar-refractivity contribution in [1.82, 2.24) is 9.55 Å². The van der Waals surface area contributed by atoms with Gasteiger partial charge in [0.25, 0.3) is 0 Å². The zero-order chi connectivity index (χ0) is 18.0. The summed E-state index contributed by atoms with van der Waals surface area (Å²) in [7, 11) is 5.12. The number of amides is 1. The summed E-state index contributed by atoms with van der Waals surface area (Å²) in [5, 5.41) is 2.88. The zero-order valence-electron chi connectivity index (χ0n) is 14.8. The Labute approximate surface area is 146 Å². The lowest BCUT2D eigenvalue weighted by molar-refractivity contribution is -0.115. The molecule has 0 saturated heterocycles. The molecular weight excluding hydrogens is 318 g/mol. The number of carbonyl (C=O) groups excluding carboxylic acids is 1. The van der Waals surface area contributed by atoms with Gasteiger partial charge in [0, 0.05) is 13.1 Å². The van der Waals surface area contributed by atoms with E-state index in [9.17, 15) is 4.79 Å². The third kappa shape index (κ3) is 3.42. The normalized spacial score (nSPS) is 10.7. The van der Waals surface area contributed by atoms with Gasteiger partial charge in [0.15, 0.2) is 0 Å². The van der Waals surface area contributed by atoms with Crippen LogP contribution in [0.3, 0.4) is 0 Å². The third-order valence-corrected chi connectivity index (χ3v) is 4.22. The van der Waals surface area contributed by atoms with Crippen LogP contribution in [0.1, 0.15) is 11.4 Å². The first-order valence-electron chi connectivity index (χ1n) is 7.95. The van der Waals surface area contributed by atoms with Crippen molar-refractivity contribution < 1.29 is 14.3 Å². The molecular formula is C19H21N3O3. The second kappa shape index (κ2) is 6.84. The van der Waals surface area contributed by atoms with Crippen LogP contribution in [0.4, 0.5) is 5.69 Å². The number of aryl methyl sites for hydroxylation is 2. The Kier molecular flexibility index (Phi) is 4.61. The maximum Gasteiger partial charge on any atom is 0.228 e. The molecule has 0 aliphatic carbocycles. The SMILES string of the molecule is COc1ccc(NC(=O)Cc2ccc3c(c2)nc(C)n3C)c(OC)c1. The number of benzene rings is 2. The number of aromatic nitrogens is 2. The van der Waals surface area contributed by atoms with E-state index in [4.69, 9.17) is 9.47 Å². The summed E-state index contributed by atoms with van der Waals surface area (Å²) in [6.45, 7) is 1.96. The third-order valence-electron chi connectivity index (χ3n) is 4.22. The van der Waals surface area contributed by atoms with E-state index in [1.165, 1.54) is 0 Å². The van der Waals surface area contributed by atoms with Crippen LogP contribution in [0, 0.1) is 6.92 Å². The van der Waals surface area contributed by atoms with Crippen molar-refractivity contribution in [1.29, 1.82) is 0 Å². The number of hydrogen-bond donors (Lipinski definition) is 1. The summed E-state index contributed by atoms with van der Waals surface area (Å²) in [5.41, 5.74) is 3.48. The predicted molar refractivity (Wildman–Crippen MR) is 97.3 cm³/mol. The van der Waals surface area contributed by atoms with Gasteiger partial charge in [-0.2, -0.15) is 0 Å². The second-order valence-corrected chi connectivity index (χ2v) is 5.83. The molecule has 0 fully saturated rings. The fourth-order valence-corrected chi connectivity index (χ4v) is 2.76. The van der Waals surface area contributed by atoms with Gasteiger partial charge in [0.05, 0.1) is 37.4 Å². The molecule has 0 unspecified atom stereocenters. The highest BCUT2D eigenvalue weighted by Crippen LogP contribution is 2.29. The number of nitrogens with zero attached hydrogens (tertiary/aromatic N) is 2. The van der Waals surface area contributed by atoms with Gasteiger partial charge in [-0.1, -0.05) is 6.07 Å². The Hall–Kier alpha value is -3.02. The smallest absolute Gasteiger partial charge is 0.228 e. The molecule has 0 aliphatic rings. The first-order chi connectivity index (χ1) is 12.0. The lowest BCUT2D eigenvalue weighted by Gasteiger charge is -2.11. The van der Waals surface area contributed by atoms with Crippen LogP contribution in [0.5, 0.6) is 11.5 Å². The van der Waals surface area contributed by atoms with Crippen molar-refractivity contribution in [2.75, 3.05) is 19.5 Å². The van der Waals surface area contributed by atoms with Crippen LogP contribution in [0.25, 0.3) is 11.0 Å². The number of anilines is 1. The van der Waals surface area contributed by atoms with Gasteiger partial charge < -0.3 is 19.4 Å². The van der Waals surface area contributed by atoms with E-state index < -0.39 is 0 Å². The lowest BCUT2D eigenvalue weighted by atomic mass is 10.1. The molecule has 1 aromatic heterocycles. The number of hydrogen-bond acceptors (Lipinski definition) is 4. The Bertz CT molecular complexity index is 931. The average molecular weight is 339 g/mol. The molecule has 3 aromatic rings. The first kappa shape index (κ1) is 16.8. The highest BCUT2D eigenvalue weighted by Gasteiger charge is 2.11. The summed E-state index contributed by atoms with van der Waals surface area (Å²) in [6.07, 6.45) is 0.265. The van der Waals surface area contributed by atoms with Crippen molar-refractivity contribution in [3.8, 4) is 11.5 Å². The van der Waals surface area contributed by atoms with Crippen molar-refractivity contribution in [3.63, 3.8) is 0 Å². The molecule has 0 aliphatic heterocycles.